The van der Waals surface area contributed by atoms with Crippen LogP contribution >= 0.6 is 0 Å². The van der Waals surface area contributed by atoms with E-state index < -0.39 is 0 Å². The molecule has 0 radical (unpaired) electrons. The zero-order chi connectivity index (χ0) is 13.9. The number of aromatic hydroxyl groups is 1. The number of phenols is 1. The summed E-state index contributed by atoms with van der Waals surface area (Å²) >= 11 is 0. The molecule has 2 saturated heterocycles. The number of hydrogen-bond acceptors (Lipinski definition) is 3. The van der Waals surface area contributed by atoms with Crippen LogP contribution in [0.2, 0.25) is 0 Å². The van der Waals surface area contributed by atoms with Gasteiger partial charge in [-0.15, -0.1) is 0 Å². The Morgan fingerprint density at radius 3 is 2.70 bits per heavy atom. The maximum Gasteiger partial charge on any atom is 0.115 e. The molecule has 3 rings (SSSR count). The van der Waals surface area contributed by atoms with E-state index in [1.807, 2.05) is 0 Å². The zero-order valence-electron chi connectivity index (χ0n) is 12.4. The van der Waals surface area contributed by atoms with Crippen LogP contribution in [0.4, 0.5) is 0 Å². The Morgan fingerprint density at radius 1 is 1.20 bits per heavy atom. The molecule has 2 fully saturated rings. The molecule has 3 atom stereocenters. The van der Waals surface area contributed by atoms with E-state index >= 15 is 0 Å². The summed E-state index contributed by atoms with van der Waals surface area (Å²) < 4.78 is 0. The Hall–Kier alpha value is -1.06. The van der Waals surface area contributed by atoms with Crippen LogP contribution in [0.15, 0.2) is 24.3 Å². The van der Waals surface area contributed by atoms with Crippen molar-refractivity contribution in [1.82, 2.24) is 10.2 Å². The van der Waals surface area contributed by atoms with Gasteiger partial charge in [-0.1, -0.05) is 12.1 Å². The van der Waals surface area contributed by atoms with Crippen molar-refractivity contribution in [1.29, 1.82) is 0 Å². The number of benzene rings is 1. The SMILES string of the molecule is CC(c1ccc(O)cc1)N1CCCC(C2CCCN2)C1. The molecule has 0 amide bonds. The lowest BCUT2D eigenvalue weighted by molar-refractivity contribution is 0.115. The van der Waals surface area contributed by atoms with E-state index in [9.17, 15) is 5.11 Å². The summed E-state index contributed by atoms with van der Waals surface area (Å²) in [5.74, 6) is 1.17. The molecule has 1 aromatic carbocycles. The van der Waals surface area contributed by atoms with Gasteiger partial charge in [0.2, 0.25) is 0 Å². The minimum absolute atomic E-state index is 0.354. The molecule has 3 unspecified atom stereocenters. The monoisotopic (exact) mass is 274 g/mol. The first-order chi connectivity index (χ1) is 9.74. The first-order valence-corrected chi connectivity index (χ1v) is 8.00. The highest BCUT2D eigenvalue weighted by atomic mass is 16.3. The quantitative estimate of drug-likeness (QED) is 0.889. The van der Waals surface area contributed by atoms with Crippen molar-refractivity contribution in [2.24, 2.45) is 5.92 Å². The predicted molar refractivity (Wildman–Crippen MR) is 81.8 cm³/mol. The first kappa shape index (κ1) is 13.9. The number of nitrogens with zero attached hydrogens (tertiary/aromatic N) is 1. The van der Waals surface area contributed by atoms with Gasteiger partial charge in [0.25, 0.3) is 0 Å². The van der Waals surface area contributed by atoms with Crippen LogP contribution in [0.1, 0.15) is 44.2 Å². The fraction of sp³-hybridized carbons (Fsp3) is 0.647. The minimum atomic E-state index is 0.354. The summed E-state index contributed by atoms with van der Waals surface area (Å²) in [7, 11) is 0. The lowest BCUT2D eigenvalue weighted by Gasteiger charge is -2.39. The number of phenolic OH excluding ortho intramolecular Hbond substituents is 1. The average Bonchev–Trinajstić information content (AvgIpc) is 3.02. The lowest BCUT2D eigenvalue weighted by atomic mass is 9.88. The number of nitrogens with one attached hydrogen (secondary N) is 1. The van der Waals surface area contributed by atoms with Crippen molar-refractivity contribution in [2.45, 2.75) is 44.7 Å². The fourth-order valence-corrected chi connectivity index (χ4v) is 3.80. The maximum absolute atomic E-state index is 9.41. The number of likely N-dealkylation sites (tertiary alicyclic amines) is 1. The topological polar surface area (TPSA) is 35.5 Å². The maximum atomic E-state index is 9.41. The lowest BCUT2D eigenvalue weighted by Crippen LogP contribution is -2.44. The molecule has 0 aromatic heterocycles. The molecule has 0 aliphatic carbocycles. The van der Waals surface area contributed by atoms with Gasteiger partial charge in [0, 0.05) is 18.6 Å². The first-order valence-electron chi connectivity index (χ1n) is 8.00. The van der Waals surface area contributed by atoms with Gasteiger partial charge in [-0.3, -0.25) is 4.90 Å². The van der Waals surface area contributed by atoms with Crippen molar-refractivity contribution in [3.63, 3.8) is 0 Å². The van der Waals surface area contributed by atoms with Crippen molar-refractivity contribution in [3.05, 3.63) is 29.8 Å². The Balaban J connectivity index is 1.65. The molecule has 2 aliphatic heterocycles. The second-order valence-corrected chi connectivity index (χ2v) is 6.37. The van der Waals surface area contributed by atoms with Crippen LogP contribution < -0.4 is 5.32 Å². The van der Waals surface area contributed by atoms with Gasteiger partial charge in [-0.05, 0) is 69.3 Å². The highest BCUT2D eigenvalue weighted by Crippen LogP contribution is 2.30. The molecule has 20 heavy (non-hydrogen) atoms. The predicted octanol–water partition coefficient (Wildman–Crippen LogP) is 2.92. The Morgan fingerprint density at radius 2 is 2.00 bits per heavy atom. The Bertz CT molecular complexity index is 425. The summed E-state index contributed by atoms with van der Waals surface area (Å²) in [6, 6.07) is 8.89. The summed E-state index contributed by atoms with van der Waals surface area (Å²) in [5.41, 5.74) is 1.31. The third-order valence-corrected chi connectivity index (χ3v) is 5.08. The molecule has 0 bridgehead atoms. The third kappa shape index (κ3) is 2.99. The van der Waals surface area contributed by atoms with Gasteiger partial charge in [0.15, 0.2) is 0 Å². The van der Waals surface area contributed by atoms with Gasteiger partial charge < -0.3 is 10.4 Å². The number of hydrogen-bond donors (Lipinski definition) is 2. The summed E-state index contributed by atoms with van der Waals surface area (Å²) in [4.78, 5) is 2.61. The number of rotatable bonds is 3. The van der Waals surface area contributed by atoms with E-state index in [4.69, 9.17) is 0 Å². The van der Waals surface area contributed by atoms with Gasteiger partial charge in [0.05, 0.1) is 0 Å². The molecule has 1 aromatic rings. The zero-order valence-corrected chi connectivity index (χ0v) is 12.4. The van der Waals surface area contributed by atoms with Gasteiger partial charge in [0.1, 0.15) is 5.75 Å². The summed E-state index contributed by atoms with van der Waals surface area (Å²) in [6.07, 6.45) is 5.38. The van der Waals surface area contributed by atoms with Gasteiger partial charge in [-0.2, -0.15) is 0 Å². The van der Waals surface area contributed by atoms with Crippen LogP contribution in [0.3, 0.4) is 0 Å². The highest BCUT2D eigenvalue weighted by Gasteiger charge is 2.30. The molecular formula is C17H26N2O. The molecule has 2 heterocycles. The fourth-order valence-electron chi connectivity index (χ4n) is 3.80. The van der Waals surface area contributed by atoms with Crippen molar-refractivity contribution < 1.29 is 5.11 Å². The molecule has 3 nitrogen and oxygen atoms in total. The normalized spacial score (nSPS) is 29.4. The van der Waals surface area contributed by atoms with Crippen LogP contribution in [0.5, 0.6) is 5.75 Å². The van der Waals surface area contributed by atoms with Crippen molar-refractivity contribution in [2.75, 3.05) is 19.6 Å². The van der Waals surface area contributed by atoms with Crippen molar-refractivity contribution in [3.8, 4) is 5.75 Å². The van der Waals surface area contributed by atoms with Crippen LogP contribution in [-0.2, 0) is 0 Å². The summed E-state index contributed by atoms with van der Waals surface area (Å²) in [6.45, 7) is 5.90. The molecule has 0 saturated carbocycles. The van der Waals surface area contributed by atoms with Gasteiger partial charge >= 0.3 is 0 Å². The van der Waals surface area contributed by atoms with Crippen LogP contribution in [-0.4, -0.2) is 35.7 Å². The largest absolute Gasteiger partial charge is 0.508 e. The average molecular weight is 274 g/mol. The molecular weight excluding hydrogens is 248 g/mol. The smallest absolute Gasteiger partial charge is 0.115 e. The van der Waals surface area contributed by atoms with E-state index in [1.165, 1.54) is 50.9 Å². The van der Waals surface area contributed by atoms with Crippen LogP contribution in [0.25, 0.3) is 0 Å². The molecule has 0 spiro atoms. The second kappa shape index (κ2) is 6.15. The van der Waals surface area contributed by atoms with E-state index in [1.54, 1.807) is 12.1 Å². The second-order valence-electron chi connectivity index (χ2n) is 6.37. The molecule has 3 heteroatoms. The minimum Gasteiger partial charge on any atom is -0.508 e. The Labute approximate surface area is 122 Å². The van der Waals surface area contributed by atoms with E-state index in [0.717, 1.165) is 12.0 Å². The van der Waals surface area contributed by atoms with E-state index in [-0.39, 0.29) is 0 Å². The number of piperidine rings is 1. The van der Waals surface area contributed by atoms with E-state index in [0.29, 0.717) is 11.8 Å². The highest BCUT2D eigenvalue weighted by molar-refractivity contribution is 5.27. The van der Waals surface area contributed by atoms with E-state index in [2.05, 4.69) is 29.3 Å². The summed E-state index contributed by atoms with van der Waals surface area (Å²) in [5, 5.41) is 13.1. The third-order valence-electron chi connectivity index (χ3n) is 5.08. The molecule has 2 N–H and O–H groups in total. The van der Waals surface area contributed by atoms with Crippen molar-refractivity contribution >= 4 is 0 Å². The molecule has 110 valence electrons. The Kier molecular flexibility index (Phi) is 4.27. The standard InChI is InChI=1S/C17H26N2O/c1-13(14-6-8-16(20)9-7-14)19-11-3-4-15(12-19)17-5-2-10-18-17/h6-9,13,15,17-18,20H,2-5,10-12H2,1H3. The van der Waals surface area contributed by atoms with Gasteiger partial charge in [-0.25, -0.2) is 0 Å². The molecule has 2 aliphatic rings. The van der Waals surface area contributed by atoms with Crippen LogP contribution in [0, 0.1) is 5.92 Å².